The van der Waals surface area contributed by atoms with Crippen molar-refractivity contribution in [3.8, 4) is 5.75 Å². The molecular formula is C18H19F2N3O2. The number of nitrogens with zero attached hydrogens (tertiary/aromatic N) is 2. The molecule has 0 saturated carbocycles. The average molecular weight is 347 g/mol. The Kier molecular flexibility index (Phi) is 4.57. The number of aromatic nitrogens is 1. The molecule has 2 aromatic rings. The van der Waals surface area contributed by atoms with Crippen LogP contribution in [-0.2, 0) is 0 Å². The highest BCUT2D eigenvalue weighted by Crippen LogP contribution is 2.31. The number of likely N-dealkylation sites (tertiary alicyclic amines) is 1. The van der Waals surface area contributed by atoms with Gasteiger partial charge >= 0.3 is 0 Å². The van der Waals surface area contributed by atoms with Crippen LogP contribution in [0.3, 0.4) is 0 Å². The van der Waals surface area contributed by atoms with E-state index in [1.54, 1.807) is 6.20 Å². The lowest BCUT2D eigenvalue weighted by Gasteiger charge is -2.32. The molecule has 0 bridgehead atoms. The number of phenolic OH excluding ortho intramolecular Hbond substituents is 1. The van der Waals surface area contributed by atoms with Gasteiger partial charge < -0.3 is 15.7 Å². The lowest BCUT2D eigenvalue weighted by atomic mass is 9.88. The van der Waals surface area contributed by atoms with E-state index in [0.29, 0.717) is 31.7 Å². The first-order chi connectivity index (χ1) is 11.9. The Morgan fingerprint density at radius 3 is 2.60 bits per heavy atom. The van der Waals surface area contributed by atoms with Gasteiger partial charge in [0.15, 0.2) is 11.6 Å². The minimum Gasteiger partial charge on any atom is -0.505 e. The largest absolute Gasteiger partial charge is 0.505 e. The first-order valence-corrected chi connectivity index (χ1v) is 8.06. The molecule has 1 saturated heterocycles. The summed E-state index contributed by atoms with van der Waals surface area (Å²) >= 11 is 0. The Bertz CT molecular complexity index is 818. The summed E-state index contributed by atoms with van der Waals surface area (Å²) in [5.74, 6) is -3.37. The summed E-state index contributed by atoms with van der Waals surface area (Å²) in [6.45, 7) is 2.85. The zero-order chi connectivity index (χ0) is 18.1. The maximum absolute atomic E-state index is 13.9. The van der Waals surface area contributed by atoms with Gasteiger partial charge in [-0.15, -0.1) is 0 Å². The Morgan fingerprint density at radius 2 is 1.96 bits per heavy atom. The number of amides is 1. The predicted molar refractivity (Wildman–Crippen MR) is 89.3 cm³/mol. The van der Waals surface area contributed by atoms with E-state index in [9.17, 15) is 13.6 Å². The second kappa shape index (κ2) is 6.66. The first kappa shape index (κ1) is 17.1. The van der Waals surface area contributed by atoms with Crippen molar-refractivity contribution >= 4 is 11.7 Å². The summed E-state index contributed by atoms with van der Waals surface area (Å²) < 4.78 is 27.4. The zero-order valence-corrected chi connectivity index (χ0v) is 13.8. The van der Waals surface area contributed by atoms with E-state index in [1.807, 2.05) is 13.0 Å². The number of nitrogens with two attached hydrogens (primary N) is 1. The van der Waals surface area contributed by atoms with E-state index in [-0.39, 0.29) is 11.5 Å². The minimum atomic E-state index is -1.40. The third kappa shape index (κ3) is 3.26. The molecule has 5 nitrogen and oxygen atoms in total. The monoisotopic (exact) mass is 347 g/mol. The van der Waals surface area contributed by atoms with E-state index in [2.05, 4.69) is 4.98 Å². The van der Waals surface area contributed by atoms with Crippen molar-refractivity contribution in [2.75, 3.05) is 18.8 Å². The summed E-state index contributed by atoms with van der Waals surface area (Å²) in [7, 11) is 0. The number of phenols is 1. The van der Waals surface area contributed by atoms with E-state index < -0.39 is 23.3 Å². The van der Waals surface area contributed by atoms with E-state index in [1.165, 1.54) is 4.90 Å². The molecule has 0 unspecified atom stereocenters. The van der Waals surface area contributed by atoms with Gasteiger partial charge in [-0.1, -0.05) is 0 Å². The fourth-order valence-electron chi connectivity index (χ4n) is 3.28. The normalized spacial score (nSPS) is 15.4. The van der Waals surface area contributed by atoms with Gasteiger partial charge in [0, 0.05) is 19.3 Å². The number of pyridine rings is 1. The Labute approximate surface area is 144 Å². The van der Waals surface area contributed by atoms with Crippen LogP contribution >= 0.6 is 0 Å². The molecule has 1 aromatic carbocycles. The van der Waals surface area contributed by atoms with Gasteiger partial charge in [0.1, 0.15) is 5.82 Å². The number of hydrogen-bond acceptors (Lipinski definition) is 4. The molecule has 1 fully saturated rings. The van der Waals surface area contributed by atoms with Crippen molar-refractivity contribution in [3.63, 3.8) is 0 Å². The smallest absolute Gasteiger partial charge is 0.256 e. The molecule has 0 atom stereocenters. The molecule has 25 heavy (non-hydrogen) atoms. The van der Waals surface area contributed by atoms with Crippen LogP contribution < -0.4 is 5.73 Å². The molecule has 0 aliphatic carbocycles. The molecule has 0 spiro atoms. The number of halogens is 2. The summed E-state index contributed by atoms with van der Waals surface area (Å²) in [4.78, 5) is 18.1. The van der Waals surface area contributed by atoms with Gasteiger partial charge in [0.25, 0.3) is 5.91 Å². The number of aromatic hydroxyl groups is 1. The number of carbonyl (C=O) groups excluding carboxylic acids is 1. The van der Waals surface area contributed by atoms with Gasteiger partial charge in [-0.2, -0.15) is 4.39 Å². The summed E-state index contributed by atoms with van der Waals surface area (Å²) in [6, 6.07) is 3.92. The molecule has 1 aliphatic rings. The standard InChI is InChI=1S/C18H19F2N3O2/c1-10-8-15(21)22-9-13(10)11-4-6-23(7-5-11)18(25)12-2-3-14(24)17(20)16(12)19/h2-3,8-9,11,24H,4-7H2,1H3,(H2,21,22). The van der Waals surface area contributed by atoms with Gasteiger partial charge in [-0.25, -0.2) is 9.37 Å². The number of hydrogen-bond donors (Lipinski definition) is 2. The van der Waals surface area contributed by atoms with Gasteiger partial charge in [0.2, 0.25) is 5.82 Å². The lowest BCUT2D eigenvalue weighted by molar-refractivity contribution is 0.0707. The number of nitrogen functional groups attached to an aromatic ring is 1. The van der Waals surface area contributed by atoms with Crippen LogP contribution in [0.5, 0.6) is 5.75 Å². The topological polar surface area (TPSA) is 79.5 Å². The van der Waals surface area contributed by atoms with E-state index in [0.717, 1.165) is 23.3 Å². The molecular weight excluding hydrogens is 328 g/mol. The third-order valence-electron chi connectivity index (χ3n) is 4.69. The summed E-state index contributed by atoms with van der Waals surface area (Å²) in [6.07, 6.45) is 3.18. The lowest BCUT2D eigenvalue weighted by Crippen LogP contribution is -2.38. The number of anilines is 1. The Morgan fingerprint density at radius 1 is 1.28 bits per heavy atom. The zero-order valence-electron chi connectivity index (χ0n) is 13.8. The van der Waals surface area contributed by atoms with Crippen LogP contribution in [-0.4, -0.2) is 34.0 Å². The van der Waals surface area contributed by atoms with Crippen molar-refractivity contribution < 1.29 is 18.7 Å². The summed E-state index contributed by atoms with van der Waals surface area (Å²) in [5.41, 5.74) is 7.47. The van der Waals surface area contributed by atoms with Gasteiger partial charge in [-0.3, -0.25) is 4.79 Å². The maximum atomic E-state index is 13.9. The Balaban J connectivity index is 1.72. The second-order valence-corrected chi connectivity index (χ2v) is 6.29. The Hall–Kier alpha value is -2.70. The van der Waals surface area contributed by atoms with Crippen LogP contribution in [0.2, 0.25) is 0 Å². The molecule has 3 rings (SSSR count). The number of aryl methyl sites for hydroxylation is 1. The van der Waals surface area contributed by atoms with Crippen molar-refractivity contribution in [1.29, 1.82) is 0 Å². The van der Waals surface area contributed by atoms with Crippen LogP contribution in [0.1, 0.15) is 40.2 Å². The fraction of sp³-hybridized carbons (Fsp3) is 0.333. The molecule has 0 radical (unpaired) electrons. The number of carbonyl (C=O) groups is 1. The molecule has 2 heterocycles. The van der Waals surface area contributed by atoms with Gasteiger partial charge in [-0.05, 0) is 55.0 Å². The molecule has 3 N–H and O–H groups in total. The van der Waals surface area contributed by atoms with Crippen molar-refractivity contribution in [1.82, 2.24) is 9.88 Å². The van der Waals surface area contributed by atoms with E-state index in [4.69, 9.17) is 10.8 Å². The van der Waals surface area contributed by atoms with Crippen molar-refractivity contribution in [2.24, 2.45) is 0 Å². The molecule has 1 amide bonds. The van der Waals surface area contributed by atoms with E-state index >= 15 is 0 Å². The minimum absolute atomic E-state index is 0.249. The number of piperidine rings is 1. The van der Waals surface area contributed by atoms with Crippen LogP contribution in [0.4, 0.5) is 14.6 Å². The molecule has 7 heteroatoms. The number of rotatable bonds is 2. The number of benzene rings is 1. The quantitative estimate of drug-likeness (QED) is 0.875. The molecule has 132 valence electrons. The SMILES string of the molecule is Cc1cc(N)ncc1C1CCN(C(=O)c2ccc(O)c(F)c2F)CC1. The predicted octanol–water partition coefficient (Wildman–Crippen LogP) is 2.98. The average Bonchev–Trinajstić information content (AvgIpc) is 2.60. The molecule has 1 aliphatic heterocycles. The maximum Gasteiger partial charge on any atom is 0.256 e. The second-order valence-electron chi connectivity index (χ2n) is 6.29. The van der Waals surface area contributed by atoms with Crippen molar-refractivity contribution in [3.05, 3.63) is 52.7 Å². The fourth-order valence-corrected chi connectivity index (χ4v) is 3.28. The van der Waals surface area contributed by atoms with Crippen molar-refractivity contribution in [2.45, 2.75) is 25.7 Å². The summed E-state index contributed by atoms with van der Waals surface area (Å²) in [5, 5.41) is 9.17. The first-order valence-electron chi connectivity index (χ1n) is 8.06. The molecule has 1 aromatic heterocycles. The highest BCUT2D eigenvalue weighted by atomic mass is 19.2. The van der Waals surface area contributed by atoms with Crippen LogP contribution in [0.15, 0.2) is 24.4 Å². The van der Waals surface area contributed by atoms with Crippen LogP contribution in [0, 0.1) is 18.6 Å². The van der Waals surface area contributed by atoms with Crippen LogP contribution in [0.25, 0.3) is 0 Å². The highest BCUT2D eigenvalue weighted by molar-refractivity contribution is 5.94. The third-order valence-corrected chi connectivity index (χ3v) is 4.69. The van der Waals surface area contributed by atoms with Gasteiger partial charge in [0.05, 0.1) is 5.56 Å². The highest BCUT2D eigenvalue weighted by Gasteiger charge is 2.28.